The van der Waals surface area contributed by atoms with Gasteiger partial charge in [-0.3, -0.25) is 9.59 Å². The van der Waals surface area contributed by atoms with Gasteiger partial charge in [0.15, 0.2) is 6.61 Å². The number of ether oxygens (including phenoxy) is 1. The summed E-state index contributed by atoms with van der Waals surface area (Å²) < 4.78 is 5.29. The average Bonchev–Trinajstić information content (AvgIpc) is 2.37. The molecule has 1 heterocycles. The number of anilines is 2. The number of carbonyl (C=O) groups is 2. The molecule has 114 valence electrons. The highest BCUT2D eigenvalue weighted by Crippen LogP contribution is 2.36. The van der Waals surface area contributed by atoms with Crippen molar-refractivity contribution in [1.29, 1.82) is 0 Å². The SMILES string of the molecule is CC(C)(N)CCC(=O)Nc1cc2c(cc1Cl)NC(=O)CO2. The first-order valence-electron chi connectivity index (χ1n) is 6.59. The van der Waals surface area contributed by atoms with Gasteiger partial charge in [0.05, 0.1) is 16.4 Å². The van der Waals surface area contributed by atoms with E-state index in [2.05, 4.69) is 10.6 Å². The highest BCUT2D eigenvalue weighted by atomic mass is 35.5. The Kier molecular flexibility index (Phi) is 4.39. The highest BCUT2D eigenvalue weighted by Gasteiger charge is 2.19. The second-order valence-corrected chi connectivity index (χ2v) is 6.11. The van der Waals surface area contributed by atoms with Crippen LogP contribution in [-0.2, 0) is 9.59 Å². The van der Waals surface area contributed by atoms with Crippen molar-refractivity contribution >= 4 is 34.8 Å². The molecular weight excluding hydrogens is 294 g/mol. The third-order valence-electron chi connectivity index (χ3n) is 2.97. The van der Waals surface area contributed by atoms with Crippen molar-refractivity contribution in [1.82, 2.24) is 0 Å². The van der Waals surface area contributed by atoms with Gasteiger partial charge in [0.2, 0.25) is 5.91 Å². The molecule has 6 nitrogen and oxygen atoms in total. The van der Waals surface area contributed by atoms with Crippen LogP contribution in [0.25, 0.3) is 0 Å². The lowest BCUT2D eigenvalue weighted by Gasteiger charge is -2.20. The molecule has 2 rings (SSSR count). The van der Waals surface area contributed by atoms with E-state index in [4.69, 9.17) is 22.1 Å². The maximum Gasteiger partial charge on any atom is 0.262 e. The monoisotopic (exact) mass is 311 g/mol. The van der Waals surface area contributed by atoms with Crippen LogP contribution >= 0.6 is 11.6 Å². The van der Waals surface area contributed by atoms with E-state index in [1.165, 1.54) is 0 Å². The minimum Gasteiger partial charge on any atom is -0.482 e. The molecule has 21 heavy (non-hydrogen) atoms. The van der Waals surface area contributed by atoms with Gasteiger partial charge in [-0.05, 0) is 26.3 Å². The lowest BCUT2D eigenvalue weighted by molar-refractivity contribution is -0.118. The second kappa shape index (κ2) is 5.91. The molecule has 4 N–H and O–H groups in total. The molecule has 0 aliphatic carbocycles. The smallest absolute Gasteiger partial charge is 0.262 e. The molecule has 2 amide bonds. The largest absolute Gasteiger partial charge is 0.482 e. The maximum atomic E-state index is 11.9. The van der Waals surface area contributed by atoms with Crippen LogP contribution in [0.5, 0.6) is 5.75 Å². The summed E-state index contributed by atoms with van der Waals surface area (Å²) in [6, 6.07) is 3.15. The van der Waals surface area contributed by atoms with Crippen molar-refractivity contribution in [3.8, 4) is 5.75 Å². The predicted octanol–water partition coefficient (Wildman–Crippen LogP) is 2.13. The van der Waals surface area contributed by atoms with E-state index in [9.17, 15) is 9.59 Å². The van der Waals surface area contributed by atoms with Crippen LogP contribution in [-0.4, -0.2) is 24.0 Å². The Balaban J connectivity index is 2.07. The fourth-order valence-electron chi connectivity index (χ4n) is 1.84. The minimum absolute atomic E-state index is 0.0522. The van der Waals surface area contributed by atoms with E-state index in [1.807, 2.05) is 13.8 Å². The molecule has 1 aliphatic heterocycles. The molecule has 0 spiro atoms. The zero-order valence-electron chi connectivity index (χ0n) is 12.0. The van der Waals surface area contributed by atoms with Gasteiger partial charge >= 0.3 is 0 Å². The van der Waals surface area contributed by atoms with E-state index >= 15 is 0 Å². The predicted molar refractivity (Wildman–Crippen MR) is 81.7 cm³/mol. The third kappa shape index (κ3) is 4.34. The molecule has 0 radical (unpaired) electrons. The Morgan fingerprint density at radius 1 is 1.52 bits per heavy atom. The summed E-state index contributed by atoms with van der Waals surface area (Å²) in [6.07, 6.45) is 0.864. The van der Waals surface area contributed by atoms with E-state index in [0.717, 1.165) is 0 Å². The van der Waals surface area contributed by atoms with Gasteiger partial charge in [-0.1, -0.05) is 11.6 Å². The zero-order valence-corrected chi connectivity index (χ0v) is 12.7. The summed E-state index contributed by atoms with van der Waals surface area (Å²) in [7, 11) is 0. The number of nitrogens with one attached hydrogen (secondary N) is 2. The first kappa shape index (κ1) is 15.6. The third-order valence-corrected chi connectivity index (χ3v) is 3.29. The van der Waals surface area contributed by atoms with Gasteiger partial charge in [-0.25, -0.2) is 0 Å². The summed E-state index contributed by atoms with van der Waals surface area (Å²) in [5, 5.41) is 5.71. The molecule has 1 aromatic carbocycles. The van der Waals surface area contributed by atoms with Gasteiger partial charge in [0.1, 0.15) is 5.75 Å². The number of rotatable bonds is 4. The standard InChI is InChI=1S/C14H18ClN3O3/c1-14(2,16)4-3-12(19)17-9-6-11-10(5-8(9)15)18-13(20)7-21-11/h5-6H,3-4,7,16H2,1-2H3,(H,17,19)(H,18,20). The Morgan fingerprint density at radius 2 is 2.24 bits per heavy atom. The Bertz CT molecular complexity index is 582. The molecule has 1 aliphatic rings. The molecule has 0 bridgehead atoms. The van der Waals surface area contributed by atoms with Crippen molar-refractivity contribution in [3.05, 3.63) is 17.2 Å². The number of hydrogen-bond acceptors (Lipinski definition) is 4. The highest BCUT2D eigenvalue weighted by molar-refractivity contribution is 6.34. The quantitative estimate of drug-likeness (QED) is 0.794. The summed E-state index contributed by atoms with van der Waals surface area (Å²) in [5.74, 6) is 0.0733. The van der Waals surface area contributed by atoms with E-state index in [1.54, 1.807) is 12.1 Å². The summed E-state index contributed by atoms with van der Waals surface area (Å²) >= 11 is 6.10. The average molecular weight is 312 g/mol. The first-order chi connectivity index (χ1) is 9.74. The molecule has 0 fully saturated rings. The fraction of sp³-hybridized carbons (Fsp3) is 0.429. The lowest BCUT2D eigenvalue weighted by atomic mass is 10.00. The van der Waals surface area contributed by atoms with Crippen LogP contribution in [0.4, 0.5) is 11.4 Å². The fourth-order valence-corrected chi connectivity index (χ4v) is 2.06. The topological polar surface area (TPSA) is 93.5 Å². The van der Waals surface area contributed by atoms with Crippen LogP contribution in [0, 0.1) is 0 Å². The number of fused-ring (bicyclic) bond motifs is 1. The molecule has 0 saturated carbocycles. The summed E-state index contributed by atoms with van der Waals surface area (Å²) in [4.78, 5) is 23.1. The number of amides is 2. The number of carbonyl (C=O) groups excluding carboxylic acids is 2. The van der Waals surface area contributed by atoms with Gasteiger partial charge in [-0.15, -0.1) is 0 Å². The van der Waals surface area contributed by atoms with Crippen molar-refractivity contribution in [2.45, 2.75) is 32.2 Å². The van der Waals surface area contributed by atoms with E-state index < -0.39 is 5.54 Å². The van der Waals surface area contributed by atoms with Crippen molar-refractivity contribution in [2.24, 2.45) is 5.73 Å². The van der Waals surface area contributed by atoms with E-state index in [0.29, 0.717) is 35.0 Å². The molecule has 0 atom stereocenters. The summed E-state index contributed by atoms with van der Waals surface area (Å²) in [5.41, 5.74) is 6.39. The van der Waals surface area contributed by atoms with Gasteiger partial charge < -0.3 is 21.1 Å². The number of benzene rings is 1. The summed E-state index contributed by atoms with van der Waals surface area (Å²) in [6.45, 7) is 3.68. The van der Waals surface area contributed by atoms with Gasteiger partial charge in [-0.2, -0.15) is 0 Å². The van der Waals surface area contributed by atoms with Gasteiger partial charge in [0.25, 0.3) is 5.91 Å². The van der Waals surface area contributed by atoms with Crippen LogP contribution in [0.15, 0.2) is 12.1 Å². The maximum absolute atomic E-state index is 11.9. The van der Waals surface area contributed by atoms with E-state index in [-0.39, 0.29) is 18.4 Å². The van der Waals surface area contributed by atoms with Crippen LogP contribution in [0.3, 0.4) is 0 Å². The minimum atomic E-state index is -0.398. The lowest BCUT2D eigenvalue weighted by Crippen LogP contribution is -2.33. The molecular formula is C14H18ClN3O3. The zero-order chi connectivity index (χ0) is 15.6. The number of hydrogen-bond donors (Lipinski definition) is 3. The molecule has 0 aromatic heterocycles. The molecule has 0 unspecified atom stereocenters. The molecule has 7 heteroatoms. The number of halogens is 1. The van der Waals surface area contributed by atoms with Gasteiger partial charge in [0, 0.05) is 18.0 Å². The Morgan fingerprint density at radius 3 is 2.90 bits per heavy atom. The Labute approximate surface area is 128 Å². The van der Waals surface area contributed by atoms with Crippen molar-refractivity contribution < 1.29 is 14.3 Å². The van der Waals surface area contributed by atoms with Crippen molar-refractivity contribution in [3.63, 3.8) is 0 Å². The van der Waals surface area contributed by atoms with Crippen LogP contribution < -0.4 is 21.1 Å². The van der Waals surface area contributed by atoms with Crippen LogP contribution in [0.1, 0.15) is 26.7 Å². The van der Waals surface area contributed by atoms with Crippen molar-refractivity contribution in [2.75, 3.05) is 17.2 Å². The Hall–Kier alpha value is -1.79. The first-order valence-corrected chi connectivity index (χ1v) is 6.97. The number of nitrogens with two attached hydrogens (primary N) is 1. The molecule has 1 aromatic rings. The normalized spacial score (nSPS) is 14.0. The van der Waals surface area contributed by atoms with Crippen LogP contribution in [0.2, 0.25) is 5.02 Å². The second-order valence-electron chi connectivity index (χ2n) is 5.70. The molecule has 0 saturated heterocycles.